The number of hydrogen-bond donors (Lipinski definition) is 3. The Balaban J connectivity index is 1.79. The van der Waals surface area contributed by atoms with Gasteiger partial charge < -0.3 is 20.5 Å². The molecule has 1 aliphatic heterocycles. The van der Waals surface area contributed by atoms with Crippen LogP contribution in [0.2, 0.25) is 0 Å². The maximum absolute atomic E-state index is 8.54. The zero-order chi connectivity index (χ0) is 10.8. The van der Waals surface area contributed by atoms with E-state index in [0.717, 1.165) is 52.5 Å². The lowest BCUT2D eigenvalue weighted by atomic mass is 10.4. The van der Waals surface area contributed by atoms with E-state index < -0.39 is 0 Å². The number of hydrogen-bond acceptors (Lipinski definition) is 5. The summed E-state index contributed by atoms with van der Waals surface area (Å²) in [7, 11) is 0. The van der Waals surface area contributed by atoms with Crippen LogP contribution < -0.4 is 10.6 Å². The van der Waals surface area contributed by atoms with E-state index in [1.165, 1.54) is 0 Å². The van der Waals surface area contributed by atoms with Crippen molar-refractivity contribution >= 4 is 0 Å². The zero-order valence-corrected chi connectivity index (χ0v) is 9.37. The van der Waals surface area contributed by atoms with Gasteiger partial charge in [0.25, 0.3) is 0 Å². The van der Waals surface area contributed by atoms with Gasteiger partial charge in [0.05, 0.1) is 19.8 Å². The minimum absolute atomic E-state index is 0.216. The molecule has 0 amide bonds. The molecule has 1 saturated heterocycles. The van der Waals surface area contributed by atoms with E-state index in [4.69, 9.17) is 9.84 Å². The zero-order valence-electron chi connectivity index (χ0n) is 9.37. The highest BCUT2D eigenvalue weighted by atomic mass is 16.5. The van der Waals surface area contributed by atoms with Gasteiger partial charge >= 0.3 is 0 Å². The molecule has 1 heterocycles. The summed E-state index contributed by atoms with van der Waals surface area (Å²) < 4.78 is 5.28. The van der Waals surface area contributed by atoms with Crippen molar-refractivity contribution in [3.05, 3.63) is 0 Å². The average Bonchev–Trinajstić information content (AvgIpc) is 2.29. The fourth-order valence-electron chi connectivity index (χ4n) is 1.57. The van der Waals surface area contributed by atoms with Gasteiger partial charge in [0.1, 0.15) is 0 Å². The second-order valence-electron chi connectivity index (χ2n) is 3.68. The lowest BCUT2D eigenvalue weighted by Gasteiger charge is -2.26. The molecule has 1 aliphatic rings. The van der Waals surface area contributed by atoms with Crippen molar-refractivity contribution in [3.8, 4) is 0 Å². The first-order valence-electron chi connectivity index (χ1n) is 5.76. The number of nitrogens with zero attached hydrogens (tertiary/aromatic N) is 1. The lowest BCUT2D eigenvalue weighted by molar-refractivity contribution is 0.0385. The Morgan fingerprint density at radius 2 is 1.67 bits per heavy atom. The van der Waals surface area contributed by atoms with Crippen molar-refractivity contribution < 1.29 is 9.84 Å². The first-order valence-corrected chi connectivity index (χ1v) is 5.76. The van der Waals surface area contributed by atoms with Crippen molar-refractivity contribution in [1.29, 1.82) is 0 Å². The van der Waals surface area contributed by atoms with Crippen molar-refractivity contribution in [3.63, 3.8) is 0 Å². The molecule has 5 nitrogen and oxygen atoms in total. The van der Waals surface area contributed by atoms with Crippen LogP contribution in [-0.2, 0) is 4.74 Å². The first kappa shape index (κ1) is 12.9. The molecule has 5 heteroatoms. The third-order valence-corrected chi connectivity index (χ3v) is 2.48. The predicted octanol–water partition coefficient (Wildman–Crippen LogP) is -1.51. The highest BCUT2D eigenvalue weighted by Crippen LogP contribution is 1.94. The van der Waals surface area contributed by atoms with Crippen LogP contribution in [0, 0.1) is 0 Å². The molecule has 0 spiro atoms. The summed E-state index contributed by atoms with van der Waals surface area (Å²) in [5, 5.41) is 15.0. The van der Waals surface area contributed by atoms with Gasteiger partial charge in [-0.05, 0) is 0 Å². The molecule has 0 aromatic heterocycles. The van der Waals surface area contributed by atoms with Crippen LogP contribution in [0.4, 0.5) is 0 Å². The molecule has 0 bridgehead atoms. The summed E-state index contributed by atoms with van der Waals surface area (Å²) in [5.41, 5.74) is 0. The highest BCUT2D eigenvalue weighted by molar-refractivity contribution is 4.63. The molecule has 1 fully saturated rings. The Morgan fingerprint density at radius 3 is 2.33 bits per heavy atom. The van der Waals surface area contributed by atoms with Gasteiger partial charge in [-0.3, -0.25) is 4.90 Å². The molecule has 90 valence electrons. The lowest BCUT2D eigenvalue weighted by Crippen LogP contribution is -2.41. The van der Waals surface area contributed by atoms with E-state index in [1.807, 2.05) is 0 Å². The SMILES string of the molecule is OCCNCCNCCN1CCOCC1. The first-order chi connectivity index (χ1) is 7.43. The van der Waals surface area contributed by atoms with Crippen molar-refractivity contribution in [2.75, 3.05) is 65.6 Å². The topological polar surface area (TPSA) is 56.8 Å². The van der Waals surface area contributed by atoms with E-state index in [2.05, 4.69) is 15.5 Å². The normalized spacial score (nSPS) is 18.2. The summed E-state index contributed by atoms with van der Waals surface area (Å²) >= 11 is 0. The second kappa shape index (κ2) is 9.06. The molecule has 1 rings (SSSR count). The fraction of sp³-hybridized carbons (Fsp3) is 1.00. The largest absolute Gasteiger partial charge is 0.395 e. The van der Waals surface area contributed by atoms with E-state index in [9.17, 15) is 0 Å². The summed E-state index contributed by atoms with van der Waals surface area (Å²) in [6.07, 6.45) is 0. The molecule has 3 N–H and O–H groups in total. The molecule has 0 saturated carbocycles. The van der Waals surface area contributed by atoms with Gasteiger partial charge in [0, 0.05) is 45.8 Å². The third kappa shape index (κ3) is 6.81. The van der Waals surface area contributed by atoms with Gasteiger partial charge in [-0.1, -0.05) is 0 Å². The number of rotatable bonds is 8. The molecule has 0 unspecified atom stereocenters. The smallest absolute Gasteiger partial charge is 0.0594 e. The highest BCUT2D eigenvalue weighted by Gasteiger charge is 2.08. The summed E-state index contributed by atoms with van der Waals surface area (Å²) in [5.74, 6) is 0. The van der Waals surface area contributed by atoms with Gasteiger partial charge in [-0.15, -0.1) is 0 Å². The average molecular weight is 217 g/mol. The quantitative estimate of drug-likeness (QED) is 0.432. The Kier molecular flexibility index (Phi) is 7.77. The van der Waals surface area contributed by atoms with Crippen molar-refractivity contribution in [2.24, 2.45) is 0 Å². The second-order valence-corrected chi connectivity index (χ2v) is 3.68. The number of nitrogens with one attached hydrogen (secondary N) is 2. The fourth-order valence-corrected chi connectivity index (χ4v) is 1.57. The maximum atomic E-state index is 8.54. The van der Waals surface area contributed by atoms with Crippen LogP contribution >= 0.6 is 0 Å². The molecular formula is C10H23N3O2. The molecular weight excluding hydrogens is 194 g/mol. The molecule has 0 radical (unpaired) electrons. The van der Waals surface area contributed by atoms with E-state index in [1.54, 1.807) is 0 Å². The standard InChI is InChI=1S/C10H23N3O2/c14-8-4-12-2-1-11-3-5-13-6-9-15-10-7-13/h11-12,14H,1-10H2. The maximum Gasteiger partial charge on any atom is 0.0594 e. The minimum atomic E-state index is 0.216. The number of morpholine rings is 1. The minimum Gasteiger partial charge on any atom is -0.395 e. The van der Waals surface area contributed by atoms with Gasteiger partial charge in [-0.25, -0.2) is 0 Å². The van der Waals surface area contributed by atoms with Gasteiger partial charge in [-0.2, -0.15) is 0 Å². The molecule has 0 aromatic rings. The predicted molar refractivity (Wildman–Crippen MR) is 60.1 cm³/mol. The van der Waals surface area contributed by atoms with E-state index >= 15 is 0 Å². The number of aliphatic hydroxyl groups excluding tert-OH is 1. The van der Waals surface area contributed by atoms with Gasteiger partial charge in [0.2, 0.25) is 0 Å². The Morgan fingerprint density at radius 1 is 1.00 bits per heavy atom. The van der Waals surface area contributed by atoms with Crippen LogP contribution in [-0.4, -0.2) is 75.6 Å². The van der Waals surface area contributed by atoms with Gasteiger partial charge in [0.15, 0.2) is 0 Å². The van der Waals surface area contributed by atoms with Crippen molar-refractivity contribution in [1.82, 2.24) is 15.5 Å². The van der Waals surface area contributed by atoms with E-state index in [0.29, 0.717) is 6.54 Å². The summed E-state index contributed by atoms with van der Waals surface area (Å²) in [6.45, 7) is 8.78. The monoisotopic (exact) mass is 217 g/mol. The van der Waals surface area contributed by atoms with Crippen LogP contribution in [0.5, 0.6) is 0 Å². The Hall–Kier alpha value is -0.200. The summed E-state index contributed by atoms with van der Waals surface area (Å²) in [6, 6.07) is 0. The van der Waals surface area contributed by atoms with Crippen molar-refractivity contribution in [2.45, 2.75) is 0 Å². The molecule has 0 aromatic carbocycles. The van der Waals surface area contributed by atoms with E-state index in [-0.39, 0.29) is 6.61 Å². The number of aliphatic hydroxyl groups is 1. The van der Waals surface area contributed by atoms with Crippen LogP contribution in [0.3, 0.4) is 0 Å². The molecule has 0 aliphatic carbocycles. The number of ether oxygens (including phenoxy) is 1. The van der Waals surface area contributed by atoms with Crippen LogP contribution in [0.25, 0.3) is 0 Å². The molecule has 0 atom stereocenters. The Bertz CT molecular complexity index is 141. The van der Waals surface area contributed by atoms with Crippen LogP contribution in [0.15, 0.2) is 0 Å². The Labute approximate surface area is 91.8 Å². The summed E-state index contributed by atoms with van der Waals surface area (Å²) in [4.78, 5) is 2.41. The third-order valence-electron chi connectivity index (χ3n) is 2.48. The molecule has 15 heavy (non-hydrogen) atoms. The van der Waals surface area contributed by atoms with Crippen LogP contribution in [0.1, 0.15) is 0 Å².